The fourth-order valence-corrected chi connectivity index (χ4v) is 2.32. The van der Waals surface area contributed by atoms with E-state index in [2.05, 4.69) is 33.0 Å². The van der Waals surface area contributed by atoms with E-state index in [0.29, 0.717) is 11.3 Å². The van der Waals surface area contributed by atoms with Gasteiger partial charge in [-0.2, -0.15) is 0 Å². The van der Waals surface area contributed by atoms with E-state index in [0.717, 1.165) is 17.7 Å². The summed E-state index contributed by atoms with van der Waals surface area (Å²) in [6.45, 7) is 8.52. The molecule has 0 bridgehead atoms. The first-order valence-electron chi connectivity index (χ1n) is 7.61. The van der Waals surface area contributed by atoms with E-state index in [1.807, 2.05) is 36.4 Å². The van der Waals surface area contributed by atoms with Gasteiger partial charge in [-0.05, 0) is 47.2 Å². The molecule has 0 aliphatic rings. The molecule has 3 nitrogen and oxygen atoms in total. The fourth-order valence-electron chi connectivity index (χ4n) is 2.32. The Morgan fingerprint density at radius 1 is 1.09 bits per heavy atom. The monoisotopic (exact) mass is 296 g/mol. The summed E-state index contributed by atoms with van der Waals surface area (Å²) in [5, 5.41) is 2.89. The highest BCUT2D eigenvalue weighted by atomic mass is 16.1. The molecule has 0 saturated heterocycles. The Labute approximate surface area is 132 Å². The summed E-state index contributed by atoms with van der Waals surface area (Å²) in [6, 6.07) is 13.4. The molecule has 2 rings (SSSR count). The highest BCUT2D eigenvalue weighted by Crippen LogP contribution is 2.23. The van der Waals surface area contributed by atoms with Crippen molar-refractivity contribution in [3.05, 3.63) is 59.2 Å². The van der Waals surface area contributed by atoms with Gasteiger partial charge in [0.1, 0.15) is 0 Å². The third kappa shape index (κ3) is 3.67. The van der Waals surface area contributed by atoms with Crippen molar-refractivity contribution in [1.29, 1.82) is 0 Å². The van der Waals surface area contributed by atoms with Gasteiger partial charge in [0.05, 0.1) is 0 Å². The summed E-state index contributed by atoms with van der Waals surface area (Å²) >= 11 is 0. The van der Waals surface area contributed by atoms with Gasteiger partial charge in [-0.3, -0.25) is 4.79 Å². The third-order valence-corrected chi connectivity index (χ3v) is 3.80. The van der Waals surface area contributed by atoms with Crippen LogP contribution in [0.5, 0.6) is 0 Å². The molecule has 2 aromatic rings. The first-order chi connectivity index (χ1) is 10.3. The molecule has 0 unspecified atom stereocenters. The van der Waals surface area contributed by atoms with Crippen LogP contribution in [0.1, 0.15) is 49.2 Å². The number of hydrogen-bond acceptors (Lipinski definition) is 2. The lowest BCUT2D eigenvalue weighted by molar-refractivity contribution is 0.102. The molecule has 0 radical (unpaired) electrons. The molecule has 3 heteroatoms. The zero-order chi connectivity index (χ0) is 16.3. The summed E-state index contributed by atoms with van der Waals surface area (Å²) in [4.78, 5) is 12.3. The number of carbonyl (C=O) groups is 1. The minimum atomic E-state index is -0.121. The summed E-state index contributed by atoms with van der Waals surface area (Å²) < 4.78 is 0. The Hall–Kier alpha value is -2.29. The van der Waals surface area contributed by atoms with E-state index >= 15 is 0 Å². The van der Waals surface area contributed by atoms with E-state index in [-0.39, 0.29) is 11.3 Å². The van der Waals surface area contributed by atoms with Gasteiger partial charge >= 0.3 is 0 Å². The van der Waals surface area contributed by atoms with Crippen molar-refractivity contribution in [2.75, 3.05) is 11.1 Å². The number of aryl methyl sites for hydroxylation is 1. The Bertz CT molecular complexity index is 667. The number of carbonyl (C=O) groups excluding carboxylic acids is 1. The van der Waals surface area contributed by atoms with Crippen molar-refractivity contribution in [3.63, 3.8) is 0 Å². The number of benzene rings is 2. The number of nitrogens with one attached hydrogen (secondary N) is 1. The highest BCUT2D eigenvalue weighted by molar-refractivity contribution is 6.04. The van der Waals surface area contributed by atoms with Crippen LogP contribution >= 0.6 is 0 Å². The Morgan fingerprint density at radius 3 is 2.23 bits per heavy atom. The molecule has 116 valence electrons. The van der Waals surface area contributed by atoms with Gasteiger partial charge in [0, 0.05) is 16.9 Å². The first kappa shape index (κ1) is 16.1. The minimum absolute atomic E-state index is 0.0828. The van der Waals surface area contributed by atoms with Crippen LogP contribution in [0, 0.1) is 0 Å². The van der Waals surface area contributed by atoms with Crippen LogP contribution in [-0.2, 0) is 11.8 Å². The van der Waals surface area contributed by atoms with Gasteiger partial charge in [0.25, 0.3) is 5.91 Å². The van der Waals surface area contributed by atoms with E-state index < -0.39 is 0 Å². The van der Waals surface area contributed by atoms with E-state index in [1.165, 1.54) is 5.56 Å². The van der Waals surface area contributed by atoms with Crippen molar-refractivity contribution in [3.8, 4) is 0 Å². The number of amides is 1. The van der Waals surface area contributed by atoms with Crippen molar-refractivity contribution < 1.29 is 4.79 Å². The number of hydrogen-bond donors (Lipinski definition) is 2. The molecule has 22 heavy (non-hydrogen) atoms. The summed E-state index contributed by atoms with van der Waals surface area (Å²) in [7, 11) is 0. The second kappa shape index (κ2) is 6.22. The van der Waals surface area contributed by atoms with Crippen molar-refractivity contribution in [1.82, 2.24) is 0 Å². The topological polar surface area (TPSA) is 55.1 Å². The number of anilines is 2. The van der Waals surface area contributed by atoms with Gasteiger partial charge in [0.2, 0.25) is 0 Å². The van der Waals surface area contributed by atoms with Crippen molar-refractivity contribution in [2.45, 2.75) is 39.5 Å². The zero-order valence-corrected chi connectivity index (χ0v) is 13.7. The second-order valence-electron chi connectivity index (χ2n) is 6.55. The predicted molar refractivity (Wildman–Crippen MR) is 93.3 cm³/mol. The normalized spacial score (nSPS) is 11.3. The van der Waals surface area contributed by atoms with Crippen LogP contribution in [-0.4, -0.2) is 5.91 Å². The number of rotatable bonds is 3. The number of nitrogens with two attached hydrogens (primary N) is 1. The molecule has 1 amide bonds. The van der Waals surface area contributed by atoms with Crippen LogP contribution in [0.3, 0.4) is 0 Å². The largest absolute Gasteiger partial charge is 0.398 e. The molecule has 0 aliphatic carbocycles. The first-order valence-corrected chi connectivity index (χ1v) is 7.61. The molecular formula is C19H24N2O. The average molecular weight is 296 g/mol. The Kier molecular flexibility index (Phi) is 4.55. The van der Waals surface area contributed by atoms with E-state index in [9.17, 15) is 4.79 Å². The smallest absolute Gasteiger partial charge is 0.255 e. The molecule has 0 heterocycles. The summed E-state index contributed by atoms with van der Waals surface area (Å²) in [5.74, 6) is -0.121. The van der Waals surface area contributed by atoms with Crippen LogP contribution in [0.2, 0.25) is 0 Å². The third-order valence-electron chi connectivity index (χ3n) is 3.80. The summed E-state index contributed by atoms with van der Waals surface area (Å²) in [6.07, 6.45) is 0.883. The van der Waals surface area contributed by atoms with Crippen LogP contribution in [0.25, 0.3) is 0 Å². The molecule has 0 aromatic heterocycles. The lowest BCUT2D eigenvalue weighted by atomic mass is 9.87. The van der Waals surface area contributed by atoms with Crippen molar-refractivity contribution in [2.24, 2.45) is 0 Å². The fraction of sp³-hybridized carbons (Fsp3) is 0.316. The number of nitrogen functional groups attached to an aromatic ring is 1. The van der Waals surface area contributed by atoms with E-state index in [4.69, 9.17) is 5.73 Å². The minimum Gasteiger partial charge on any atom is -0.398 e. The summed E-state index contributed by atoms with van der Waals surface area (Å²) in [5.41, 5.74) is 10.4. The molecule has 0 saturated carbocycles. The predicted octanol–water partition coefficient (Wildman–Crippen LogP) is 4.38. The van der Waals surface area contributed by atoms with Gasteiger partial charge in [-0.15, -0.1) is 0 Å². The van der Waals surface area contributed by atoms with Gasteiger partial charge < -0.3 is 11.1 Å². The maximum atomic E-state index is 12.3. The zero-order valence-electron chi connectivity index (χ0n) is 13.7. The van der Waals surface area contributed by atoms with Crippen LogP contribution in [0.4, 0.5) is 11.4 Å². The van der Waals surface area contributed by atoms with Gasteiger partial charge in [0.15, 0.2) is 0 Å². The lowest BCUT2D eigenvalue weighted by Crippen LogP contribution is -2.14. The highest BCUT2D eigenvalue weighted by Gasteiger charge is 2.14. The van der Waals surface area contributed by atoms with Gasteiger partial charge in [-0.25, -0.2) is 0 Å². The second-order valence-corrected chi connectivity index (χ2v) is 6.55. The maximum absolute atomic E-state index is 12.3. The van der Waals surface area contributed by atoms with Crippen LogP contribution in [0.15, 0.2) is 42.5 Å². The molecule has 0 aliphatic heterocycles. The molecule has 0 atom stereocenters. The molecule has 2 aromatic carbocycles. The Balaban J connectivity index is 2.14. The quantitative estimate of drug-likeness (QED) is 0.826. The van der Waals surface area contributed by atoms with E-state index in [1.54, 1.807) is 6.07 Å². The molecule has 3 N–H and O–H groups in total. The van der Waals surface area contributed by atoms with Crippen LogP contribution < -0.4 is 11.1 Å². The average Bonchev–Trinajstić information content (AvgIpc) is 2.46. The molecular weight excluding hydrogens is 272 g/mol. The Morgan fingerprint density at radius 2 is 1.73 bits per heavy atom. The molecule has 0 fully saturated rings. The van der Waals surface area contributed by atoms with Gasteiger partial charge in [-0.1, -0.05) is 45.9 Å². The lowest BCUT2D eigenvalue weighted by Gasteiger charge is -2.19. The standard InChI is InChI=1S/C19H24N2O/c1-5-13-8-11-16(12-17(13)20)21-18(22)14-6-9-15(10-7-14)19(2,3)4/h6-12H,5,20H2,1-4H3,(H,21,22). The van der Waals surface area contributed by atoms with Crippen molar-refractivity contribution >= 4 is 17.3 Å². The maximum Gasteiger partial charge on any atom is 0.255 e. The SMILES string of the molecule is CCc1ccc(NC(=O)c2ccc(C(C)(C)C)cc2)cc1N. The molecule has 0 spiro atoms.